The number of rotatable bonds is 4. The summed E-state index contributed by atoms with van der Waals surface area (Å²) in [5.41, 5.74) is 0.324. The molecule has 5 nitrogen and oxygen atoms in total. The van der Waals surface area contributed by atoms with Crippen LogP contribution in [0.5, 0.6) is 0 Å². The lowest BCUT2D eigenvalue weighted by molar-refractivity contribution is -0.123. The number of ether oxygens (including phenoxy) is 1. The van der Waals surface area contributed by atoms with E-state index in [1.807, 2.05) is 0 Å². The van der Waals surface area contributed by atoms with Gasteiger partial charge in [-0.1, -0.05) is 12.1 Å². The highest BCUT2D eigenvalue weighted by Crippen LogP contribution is 2.13. The first kappa shape index (κ1) is 14.6. The second-order valence-electron chi connectivity index (χ2n) is 4.25. The Morgan fingerprint density at radius 3 is 2.52 bits per heavy atom. The van der Waals surface area contributed by atoms with Gasteiger partial charge in [0, 0.05) is 12.4 Å². The second-order valence-corrected chi connectivity index (χ2v) is 4.25. The Labute approximate surface area is 120 Å². The predicted octanol–water partition coefficient (Wildman–Crippen LogP) is 2.40. The minimum Gasteiger partial charge on any atom is -0.449 e. The van der Waals surface area contributed by atoms with Crippen LogP contribution in [0.2, 0.25) is 0 Å². The number of hydrogen-bond donors (Lipinski definition) is 1. The highest BCUT2D eigenvalue weighted by molar-refractivity contribution is 5.97. The summed E-state index contributed by atoms with van der Waals surface area (Å²) >= 11 is 0. The summed E-state index contributed by atoms with van der Waals surface area (Å²) in [6.45, 7) is 1.41. The van der Waals surface area contributed by atoms with Crippen molar-refractivity contribution in [1.82, 2.24) is 4.98 Å². The maximum Gasteiger partial charge on any atom is 0.339 e. The first-order valence-electron chi connectivity index (χ1n) is 6.24. The molecule has 0 saturated heterocycles. The zero-order valence-electron chi connectivity index (χ0n) is 11.2. The topological polar surface area (TPSA) is 68.3 Å². The third kappa shape index (κ3) is 3.85. The highest BCUT2D eigenvalue weighted by atomic mass is 19.1. The van der Waals surface area contributed by atoms with Crippen molar-refractivity contribution in [3.8, 4) is 0 Å². The molecule has 2 aromatic rings. The maximum absolute atomic E-state index is 13.4. The van der Waals surface area contributed by atoms with Crippen molar-refractivity contribution in [1.29, 1.82) is 0 Å². The third-order valence-corrected chi connectivity index (χ3v) is 2.70. The van der Waals surface area contributed by atoms with E-state index in [9.17, 15) is 14.0 Å². The van der Waals surface area contributed by atoms with Gasteiger partial charge in [0.25, 0.3) is 5.91 Å². The SMILES string of the molecule is CC(OC(=O)c1ccncc1)C(=O)Nc1ccccc1F. The average Bonchev–Trinajstić information content (AvgIpc) is 2.50. The van der Waals surface area contributed by atoms with Gasteiger partial charge in [-0.2, -0.15) is 0 Å². The molecule has 0 radical (unpaired) electrons. The number of esters is 1. The molecule has 0 aliphatic heterocycles. The van der Waals surface area contributed by atoms with Gasteiger partial charge in [-0.25, -0.2) is 9.18 Å². The van der Waals surface area contributed by atoms with Crippen molar-refractivity contribution in [3.63, 3.8) is 0 Å². The van der Waals surface area contributed by atoms with Gasteiger partial charge < -0.3 is 10.1 Å². The fraction of sp³-hybridized carbons (Fsp3) is 0.133. The molecule has 2 rings (SSSR count). The fourth-order valence-corrected chi connectivity index (χ4v) is 1.57. The first-order chi connectivity index (χ1) is 10.1. The van der Waals surface area contributed by atoms with Crippen LogP contribution in [0.3, 0.4) is 0 Å². The number of carbonyl (C=O) groups is 2. The highest BCUT2D eigenvalue weighted by Gasteiger charge is 2.19. The number of para-hydroxylation sites is 1. The number of amides is 1. The number of nitrogens with zero attached hydrogens (tertiary/aromatic N) is 1. The Morgan fingerprint density at radius 1 is 1.19 bits per heavy atom. The molecule has 1 unspecified atom stereocenters. The standard InChI is InChI=1S/C15H13FN2O3/c1-10(21-15(20)11-6-8-17-9-7-11)14(19)18-13-5-3-2-4-12(13)16/h2-10H,1H3,(H,18,19). The van der Waals surface area contributed by atoms with Crippen molar-refractivity contribution in [2.24, 2.45) is 0 Å². The van der Waals surface area contributed by atoms with E-state index in [0.29, 0.717) is 0 Å². The molecule has 1 heterocycles. The lowest BCUT2D eigenvalue weighted by atomic mass is 10.2. The van der Waals surface area contributed by atoms with Crippen LogP contribution in [0.15, 0.2) is 48.8 Å². The maximum atomic E-state index is 13.4. The van der Waals surface area contributed by atoms with E-state index in [1.165, 1.54) is 49.6 Å². The summed E-state index contributed by atoms with van der Waals surface area (Å²) in [6, 6.07) is 8.70. The number of nitrogens with one attached hydrogen (secondary N) is 1. The largest absolute Gasteiger partial charge is 0.449 e. The Balaban J connectivity index is 1.97. The minimum absolute atomic E-state index is 0.0364. The molecule has 0 fully saturated rings. The first-order valence-corrected chi connectivity index (χ1v) is 6.24. The molecule has 1 N–H and O–H groups in total. The third-order valence-electron chi connectivity index (χ3n) is 2.70. The zero-order chi connectivity index (χ0) is 15.2. The normalized spacial score (nSPS) is 11.5. The molecule has 1 aromatic carbocycles. The second kappa shape index (κ2) is 6.60. The predicted molar refractivity (Wildman–Crippen MR) is 74.1 cm³/mol. The summed E-state index contributed by atoms with van der Waals surface area (Å²) in [6.07, 6.45) is 1.84. The van der Waals surface area contributed by atoms with Gasteiger partial charge in [-0.05, 0) is 31.2 Å². The molecule has 0 bridgehead atoms. The molecule has 0 saturated carbocycles. The van der Waals surface area contributed by atoms with Crippen molar-refractivity contribution in [3.05, 3.63) is 60.2 Å². The van der Waals surface area contributed by atoms with Gasteiger partial charge in [0.1, 0.15) is 5.82 Å². The van der Waals surface area contributed by atoms with Crippen LogP contribution in [-0.4, -0.2) is 23.0 Å². The summed E-state index contributed by atoms with van der Waals surface area (Å²) < 4.78 is 18.4. The number of benzene rings is 1. The summed E-state index contributed by atoms with van der Waals surface area (Å²) in [4.78, 5) is 27.4. The van der Waals surface area contributed by atoms with Crippen LogP contribution in [0.4, 0.5) is 10.1 Å². The molecular weight excluding hydrogens is 275 g/mol. The lowest BCUT2D eigenvalue weighted by Gasteiger charge is -2.13. The molecule has 1 aromatic heterocycles. The molecule has 1 atom stereocenters. The van der Waals surface area contributed by atoms with Gasteiger partial charge >= 0.3 is 5.97 Å². The van der Waals surface area contributed by atoms with Crippen molar-refractivity contribution in [2.45, 2.75) is 13.0 Å². The molecule has 108 valence electrons. The average molecular weight is 288 g/mol. The number of halogens is 1. The molecular formula is C15H13FN2O3. The van der Waals surface area contributed by atoms with Gasteiger partial charge in [0.15, 0.2) is 6.10 Å². The van der Waals surface area contributed by atoms with E-state index in [0.717, 1.165) is 0 Å². The molecule has 6 heteroatoms. The van der Waals surface area contributed by atoms with E-state index in [4.69, 9.17) is 4.74 Å². The molecule has 0 aliphatic rings. The smallest absolute Gasteiger partial charge is 0.339 e. The lowest BCUT2D eigenvalue weighted by Crippen LogP contribution is -2.30. The number of pyridine rings is 1. The van der Waals surface area contributed by atoms with Gasteiger partial charge in [-0.3, -0.25) is 9.78 Å². The Morgan fingerprint density at radius 2 is 1.86 bits per heavy atom. The van der Waals surface area contributed by atoms with E-state index in [-0.39, 0.29) is 11.3 Å². The quantitative estimate of drug-likeness (QED) is 0.877. The van der Waals surface area contributed by atoms with E-state index >= 15 is 0 Å². The monoisotopic (exact) mass is 288 g/mol. The van der Waals surface area contributed by atoms with Crippen molar-refractivity contribution in [2.75, 3.05) is 5.32 Å². The Hall–Kier alpha value is -2.76. The van der Waals surface area contributed by atoms with E-state index in [2.05, 4.69) is 10.3 Å². The Bertz CT molecular complexity index is 646. The Kier molecular flexibility index (Phi) is 4.61. The summed E-state index contributed by atoms with van der Waals surface area (Å²) in [5.74, 6) is -1.81. The van der Waals surface area contributed by atoms with E-state index < -0.39 is 23.8 Å². The fourth-order valence-electron chi connectivity index (χ4n) is 1.57. The van der Waals surface area contributed by atoms with Gasteiger partial charge in [0.2, 0.25) is 0 Å². The molecule has 21 heavy (non-hydrogen) atoms. The number of anilines is 1. The van der Waals surface area contributed by atoms with Crippen LogP contribution < -0.4 is 5.32 Å². The summed E-state index contributed by atoms with van der Waals surface area (Å²) in [7, 11) is 0. The van der Waals surface area contributed by atoms with Crippen molar-refractivity contribution < 1.29 is 18.7 Å². The van der Waals surface area contributed by atoms with Crippen LogP contribution in [0.25, 0.3) is 0 Å². The van der Waals surface area contributed by atoms with Gasteiger partial charge in [0.05, 0.1) is 11.3 Å². The van der Waals surface area contributed by atoms with Crippen LogP contribution in [0, 0.1) is 5.82 Å². The van der Waals surface area contributed by atoms with E-state index in [1.54, 1.807) is 6.07 Å². The number of aromatic nitrogens is 1. The molecule has 1 amide bonds. The summed E-state index contributed by atoms with van der Waals surface area (Å²) in [5, 5.41) is 2.36. The van der Waals surface area contributed by atoms with Crippen molar-refractivity contribution >= 4 is 17.6 Å². The zero-order valence-corrected chi connectivity index (χ0v) is 11.2. The van der Waals surface area contributed by atoms with Gasteiger partial charge in [-0.15, -0.1) is 0 Å². The van der Waals surface area contributed by atoms with Crippen LogP contribution in [-0.2, 0) is 9.53 Å². The number of hydrogen-bond acceptors (Lipinski definition) is 4. The molecule has 0 aliphatic carbocycles. The van der Waals surface area contributed by atoms with Crippen LogP contribution in [0.1, 0.15) is 17.3 Å². The minimum atomic E-state index is -1.05. The molecule has 0 spiro atoms. The number of carbonyl (C=O) groups excluding carboxylic acids is 2. The van der Waals surface area contributed by atoms with Crippen LogP contribution >= 0.6 is 0 Å².